The molecular weight excluding hydrogens is 216 g/mol. The van der Waals surface area contributed by atoms with Crippen LogP contribution in [0.2, 0.25) is 0 Å². The summed E-state index contributed by atoms with van der Waals surface area (Å²) in [5.41, 5.74) is 0. The lowest BCUT2D eigenvalue weighted by molar-refractivity contribution is 0.117. The van der Waals surface area contributed by atoms with Gasteiger partial charge in [0.2, 0.25) is 0 Å². The van der Waals surface area contributed by atoms with Crippen molar-refractivity contribution >= 4 is 11.4 Å². The van der Waals surface area contributed by atoms with Crippen LogP contribution in [-0.4, -0.2) is 64.4 Å². The van der Waals surface area contributed by atoms with Gasteiger partial charge in [-0.05, 0) is 13.0 Å². The average molecular weight is 235 g/mol. The van der Waals surface area contributed by atoms with Crippen molar-refractivity contribution in [1.82, 2.24) is 9.80 Å². The van der Waals surface area contributed by atoms with Crippen LogP contribution in [0.15, 0.2) is 0 Å². The predicted molar refractivity (Wildman–Crippen MR) is 58.0 cm³/mol. The molecule has 0 aromatic carbocycles. The normalized spacial score (nSPS) is 21.7. The average Bonchev–Trinajstić information content (AvgIpc) is 2.20. The van der Waals surface area contributed by atoms with E-state index >= 15 is 0 Å². The standard InChI is InChI=1S/C9H20N2O3S/c1-2-3-10-4-6-11(7-5-10)8-9-14-15(12)13/h2-9H2,1H3,(H,12,13)/p-1. The Kier molecular flexibility index (Phi) is 6.35. The zero-order chi connectivity index (χ0) is 11.1. The van der Waals surface area contributed by atoms with Crippen LogP contribution in [0.25, 0.3) is 0 Å². The molecule has 6 heteroatoms. The molecule has 1 saturated heterocycles. The lowest BCUT2D eigenvalue weighted by Gasteiger charge is -2.34. The highest BCUT2D eigenvalue weighted by atomic mass is 32.2. The maximum atomic E-state index is 10.1. The molecule has 0 amide bonds. The van der Waals surface area contributed by atoms with Crippen molar-refractivity contribution < 1.29 is 12.9 Å². The fraction of sp³-hybridized carbons (Fsp3) is 1.00. The third kappa shape index (κ3) is 5.58. The molecule has 5 nitrogen and oxygen atoms in total. The third-order valence-electron chi connectivity index (χ3n) is 2.59. The van der Waals surface area contributed by atoms with Crippen LogP contribution < -0.4 is 0 Å². The first-order valence-corrected chi connectivity index (χ1v) is 6.39. The van der Waals surface area contributed by atoms with E-state index in [1.165, 1.54) is 6.42 Å². The van der Waals surface area contributed by atoms with E-state index in [0.29, 0.717) is 6.54 Å². The Labute approximate surface area is 93.9 Å². The summed E-state index contributed by atoms with van der Waals surface area (Å²) < 4.78 is 24.7. The van der Waals surface area contributed by atoms with Crippen molar-refractivity contribution in [2.75, 3.05) is 45.9 Å². The summed E-state index contributed by atoms with van der Waals surface area (Å²) in [7, 11) is 0. The molecule has 15 heavy (non-hydrogen) atoms. The predicted octanol–water partition coefficient (Wildman–Crippen LogP) is -0.175. The zero-order valence-electron chi connectivity index (χ0n) is 9.18. The lowest BCUT2D eigenvalue weighted by atomic mass is 10.3. The number of piperazine rings is 1. The van der Waals surface area contributed by atoms with Crippen LogP contribution in [0.5, 0.6) is 0 Å². The topological polar surface area (TPSA) is 55.8 Å². The van der Waals surface area contributed by atoms with Gasteiger partial charge in [0, 0.05) is 32.7 Å². The van der Waals surface area contributed by atoms with Crippen molar-refractivity contribution in [1.29, 1.82) is 0 Å². The Balaban J connectivity index is 2.06. The van der Waals surface area contributed by atoms with Crippen LogP contribution in [0.1, 0.15) is 13.3 Å². The van der Waals surface area contributed by atoms with Gasteiger partial charge in [-0.25, -0.2) is 4.21 Å². The first-order chi connectivity index (χ1) is 7.22. The van der Waals surface area contributed by atoms with Crippen LogP contribution in [0.3, 0.4) is 0 Å². The van der Waals surface area contributed by atoms with E-state index < -0.39 is 11.4 Å². The molecular formula is C9H19N2O3S-. The van der Waals surface area contributed by atoms with Crippen molar-refractivity contribution in [3.8, 4) is 0 Å². The molecule has 0 radical (unpaired) electrons. The van der Waals surface area contributed by atoms with Crippen LogP contribution in [0, 0.1) is 0 Å². The monoisotopic (exact) mass is 235 g/mol. The minimum atomic E-state index is -2.37. The second-order valence-corrected chi connectivity index (χ2v) is 4.35. The zero-order valence-corrected chi connectivity index (χ0v) is 10.0. The van der Waals surface area contributed by atoms with E-state index in [9.17, 15) is 8.76 Å². The number of hydrogen-bond acceptors (Lipinski definition) is 5. The molecule has 1 atom stereocenters. The molecule has 0 spiro atoms. The summed E-state index contributed by atoms with van der Waals surface area (Å²) in [6, 6.07) is 0. The molecule has 1 fully saturated rings. The van der Waals surface area contributed by atoms with E-state index in [1.807, 2.05) is 0 Å². The van der Waals surface area contributed by atoms with Gasteiger partial charge in [0.1, 0.15) is 0 Å². The van der Waals surface area contributed by atoms with Gasteiger partial charge in [0.05, 0.1) is 18.0 Å². The van der Waals surface area contributed by atoms with Crippen molar-refractivity contribution in [3.05, 3.63) is 0 Å². The van der Waals surface area contributed by atoms with E-state index in [0.717, 1.165) is 32.7 Å². The highest BCUT2D eigenvalue weighted by Gasteiger charge is 2.15. The van der Waals surface area contributed by atoms with E-state index in [-0.39, 0.29) is 6.61 Å². The minimum absolute atomic E-state index is 0.268. The van der Waals surface area contributed by atoms with Crippen LogP contribution in [0.4, 0.5) is 0 Å². The Morgan fingerprint density at radius 2 is 1.73 bits per heavy atom. The summed E-state index contributed by atoms with van der Waals surface area (Å²) in [6.07, 6.45) is 1.19. The Bertz CT molecular complexity index is 196. The smallest absolute Gasteiger partial charge is 0.0842 e. The lowest BCUT2D eigenvalue weighted by Crippen LogP contribution is -2.47. The minimum Gasteiger partial charge on any atom is -0.750 e. The van der Waals surface area contributed by atoms with Gasteiger partial charge in [0.15, 0.2) is 0 Å². The first kappa shape index (κ1) is 13.1. The molecule has 1 rings (SSSR count). The summed E-state index contributed by atoms with van der Waals surface area (Å²) in [5, 5.41) is 0. The van der Waals surface area contributed by atoms with Crippen molar-refractivity contribution in [2.45, 2.75) is 13.3 Å². The van der Waals surface area contributed by atoms with Gasteiger partial charge in [-0.1, -0.05) is 6.92 Å². The van der Waals surface area contributed by atoms with E-state index in [4.69, 9.17) is 0 Å². The molecule has 1 aliphatic heterocycles. The maximum absolute atomic E-state index is 10.1. The van der Waals surface area contributed by atoms with Gasteiger partial charge in [0.25, 0.3) is 0 Å². The summed E-state index contributed by atoms with van der Waals surface area (Å²) in [5.74, 6) is 0. The Hall–Kier alpha value is -0.0100. The van der Waals surface area contributed by atoms with Crippen molar-refractivity contribution in [3.63, 3.8) is 0 Å². The number of rotatable bonds is 6. The number of nitrogens with zero attached hydrogens (tertiary/aromatic N) is 2. The largest absolute Gasteiger partial charge is 0.750 e. The molecule has 0 aromatic rings. The fourth-order valence-corrected chi connectivity index (χ4v) is 2.00. The van der Waals surface area contributed by atoms with Crippen LogP contribution >= 0.6 is 0 Å². The molecule has 90 valence electrons. The molecule has 1 heterocycles. The van der Waals surface area contributed by atoms with E-state index in [1.54, 1.807) is 0 Å². The number of hydrogen-bond donors (Lipinski definition) is 0. The van der Waals surface area contributed by atoms with Gasteiger partial charge < -0.3 is 9.45 Å². The summed E-state index contributed by atoms with van der Waals surface area (Å²) >= 11 is -2.37. The second-order valence-electron chi connectivity index (χ2n) is 3.71. The fourth-order valence-electron chi connectivity index (χ4n) is 1.79. The molecule has 0 N–H and O–H groups in total. The molecule has 0 aliphatic carbocycles. The Morgan fingerprint density at radius 1 is 1.20 bits per heavy atom. The van der Waals surface area contributed by atoms with Crippen molar-refractivity contribution in [2.24, 2.45) is 0 Å². The SMILES string of the molecule is CCCN1CCN(CCOS(=O)[O-])CC1. The highest BCUT2D eigenvalue weighted by Crippen LogP contribution is 2.01. The van der Waals surface area contributed by atoms with Gasteiger partial charge in [-0.3, -0.25) is 9.08 Å². The van der Waals surface area contributed by atoms with Gasteiger partial charge in [-0.2, -0.15) is 0 Å². The Morgan fingerprint density at radius 3 is 2.20 bits per heavy atom. The summed E-state index contributed by atoms with van der Waals surface area (Å²) in [6.45, 7) is 8.49. The van der Waals surface area contributed by atoms with Gasteiger partial charge >= 0.3 is 0 Å². The maximum Gasteiger partial charge on any atom is 0.0842 e. The highest BCUT2D eigenvalue weighted by molar-refractivity contribution is 7.74. The molecule has 0 bridgehead atoms. The molecule has 1 aliphatic rings. The second kappa shape index (κ2) is 7.29. The van der Waals surface area contributed by atoms with Gasteiger partial charge in [-0.15, -0.1) is 0 Å². The van der Waals surface area contributed by atoms with E-state index in [2.05, 4.69) is 20.9 Å². The first-order valence-electron chi connectivity index (χ1n) is 5.39. The van der Waals surface area contributed by atoms with Crippen LogP contribution in [-0.2, 0) is 15.5 Å². The quantitative estimate of drug-likeness (QED) is 0.598. The molecule has 0 saturated carbocycles. The third-order valence-corrected chi connectivity index (χ3v) is 2.95. The molecule has 1 unspecified atom stereocenters. The molecule has 0 aromatic heterocycles. The summed E-state index contributed by atoms with van der Waals surface area (Å²) in [4.78, 5) is 4.67.